The van der Waals surface area contributed by atoms with E-state index in [0.717, 1.165) is 17.0 Å². The minimum absolute atomic E-state index is 0.0625. The van der Waals surface area contributed by atoms with E-state index in [9.17, 15) is 4.79 Å². The van der Waals surface area contributed by atoms with Crippen molar-refractivity contribution in [2.45, 2.75) is 19.6 Å². The van der Waals surface area contributed by atoms with Crippen LogP contribution in [0.4, 0.5) is 0 Å². The topological polar surface area (TPSA) is 62.3 Å². The smallest absolute Gasteiger partial charge is 0.309 e. The van der Waals surface area contributed by atoms with Gasteiger partial charge >= 0.3 is 5.97 Å². The highest BCUT2D eigenvalue weighted by Gasteiger charge is 2.15. The van der Waals surface area contributed by atoms with E-state index >= 15 is 0 Å². The number of hydrogen-bond donors (Lipinski definition) is 2. The van der Waals surface area contributed by atoms with Crippen LogP contribution >= 0.6 is 0 Å². The SMILES string of the molecule is O=C(O)Cc1cc2c([nH]1)COC2. The zero-order chi connectivity index (χ0) is 8.55. The molecule has 0 aliphatic carbocycles. The molecule has 0 saturated heterocycles. The van der Waals surface area contributed by atoms with Crippen LogP contribution in [0.15, 0.2) is 6.07 Å². The van der Waals surface area contributed by atoms with Crippen LogP contribution in [0.1, 0.15) is 17.0 Å². The van der Waals surface area contributed by atoms with E-state index in [2.05, 4.69) is 4.98 Å². The Morgan fingerprint density at radius 1 is 1.67 bits per heavy atom. The molecule has 1 aliphatic heterocycles. The molecule has 2 heterocycles. The van der Waals surface area contributed by atoms with E-state index in [1.165, 1.54) is 0 Å². The molecule has 0 bridgehead atoms. The van der Waals surface area contributed by atoms with E-state index in [-0.39, 0.29) is 6.42 Å². The average Bonchev–Trinajstić information content (AvgIpc) is 2.43. The van der Waals surface area contributed by atoms with Gasteiger partial charge in [-0.25, -0.2) is 0 Å². The third-order valence-corrected chi connectivity index (χ3v) is 1.89. The highest BCUT2D eigenvalue weighted by molar-refractivity contribution is 5.69. The predicted molar refractivity (Wildman–Crippen MR) is 40.6 cm³/mol. The molecule has 1 aromatic heterocycles. The molecule has 0 spiro atoms. The van der Waals surface area contributed by atoms with Gasteiger partial charge in [0.05, 0.1) is 19.6 Å². The molecule has 0 aromatic carbocycles. The van der Waals surface area contributed by atoms with Crippen LogP contribution < -0.4 is 0 Å². The summed E-state index contributed by atoms with van der Waals surface area (Å²) in [7, 11) is 0. The summed E-state index contributed by atoms with van der Waals surface area (Å²) in [6.07, 6.45) is 0.0625. The third kappa shape index (κ3) is 1.21. The molecule has 0 fully saturated rings. The maximum absolute atomic E-state index is 10.3. The number of aliphatic carboxylic acids is 1. The molecule has 0 atom stereocenters. The maximum Gasteiger partial charge on any atom is 0.309 e. The summed E-state index contributed by atoms with van der Waals surface area (Å²) in [4.78, 5) is 13.4. The number of carboxylic acid groups (broad SMARTS) is 1. The number of carboxylic acids is 1. The lowest BCUT2D eigenvalue weighted by atomic mass is 10.2. The van der Waals surface area contributed by atoms with Gasteiger partial charge in [0.2, 0.25) is 0 Å². The van der Waals surface area contributed by atoms with Gasteiger partial charge in [-0.05, 0) is 6.07 Å². The number of hydrogen-bond acceptors (Lipinski definition) is 2. The fraction of sp³-hybridized carbons (Fsp3) is 0.375. The number of H-pyrrole nitrogens is 1. The first-order valence-corrected chi connectivity index (χ1v) is 3.75. The van der Waals surface area contributed by atoms with Crippen molar-refractivity contribution in [2.75, 3.05) is 0 Å². The van der Waals surface area contributed by atoms with Crippen LogP contribution in [0.5, 0.6) is 0 Å². The molecule has 0 saturated carbocycles. The Kier molecular flexibility index (Phi) is 1.62. The summed E-state index contributed by atoms with van der Waals surface area (Å²) in [5, 5.41) is 8.51. The first kappa shape index (κ1) is 7.36. The Bertz CT molecular complexity index is 295. The zero-order valence-corrected chi connectivity index (χ0v) is 6.46. The summed E-state index contributed by atoms with van der Waals surface area (Å²) in [5.41, 5.74) is 2.87. The lowest BCUT2D eigenvalue weighted by Crippen LogP contribution is -2.00. The van der Waals surface area contributed by atoms with Crippen LogP contribution in [0, 0.1) is 0 Å². The third-order valence-electron chi connectivity index (χ3n) is 1.89. The van der Waals surface area contributed by atoms with Crippen molar-refractivity contribution in [3.8, 4) is 0 Å². The van der Waals surface area contributed by atoms with Crippen LogP contribution in [0.2, 0.25) is 0 Å². The second-order valence-corrected chi connectivity index (χ2v) is 2.86. The van der Waals surface area contributed by atoms with Gasteiger partial charge in [-0.1, -0.05) is 0 Å². The monoisotopic (exact) mass is 167 g/mol. The molecule has 12 heavy (non-hydrogen) atoms. The van der Waals surface area contributed by atoms with E-state index in [0.29, 0.717) is 13.2 Å². The zero-order valence-electron chi connectivity index (χ0n) is 6.46. The van der Waals surface area contributed by atoms with E-state index in [1.54, 1.807) is 0 Å². The van der Waals surface area contributed by atoms with Gasteiger partial charge in [-0.3, -0.25) is 4.79 Å². The number of ether oxygens (including phenoxy) is 1. The van der Waals surface area contributed by atoms with Crippen molar-refractivity contribution in [3.05, 3.63) is 23.0 Å². The fourth-order valence-corrected chi connectivity index (χ4v) is 1.39. The van der Waals surface area contributed by atoms with Crippen molar-refractivity contribution in [1.82, 2.24) is 4.98 Å². The minimum Gasteiger partial charge on any atom is -0.481 e. The predicted octanol–water partition coefficient (Wildman–Crippen LogP) is 0.672. The number of carbonyl (C=O) groups is 1. The van der Waals surface area contributed by atoms with Crippen molar-refractivity contribution in [1.29, 1.82) is 0 Å². The summed E-state index contributed by atoms with van der Waals surface area (Å²) < 4.78 is 5.14. The lowest BCUT2D eigenvalue weighted by molar-refractivity contribution is -0.136. The van der Waals surface area contributed by atoms with E-state index in [4.69, 9.17) is 9.84 Å². The molecular weight excluding hydrogens is 158 g/mol. The molecule has 4 heteroatoms. The van der Waals surface area contributed by atoms with Gasteiger partial charge in [0.25, 0.3) is 0 Å². The lowest BCUT2D eigenvalue weighted by Gasteiger charge is -1.92. The van der Waals surface area contributed by atoms with Crippen molar-refractivity contribution >= 4 is 5.97 Å². The van der Waals surface area contributed by atoms with Crippen LogP contribution in [0.25, 0.3) is 0 Å². The van der Waals surface area contributed by atoms with Crippen molar-refractivity contribution in [2.24, 2.45) is 0 Å². The Labute approximate surface area is 69.2 Å². The van der Waals surface area contributed by atoms with Crippen LogP contribution in [-0.2, 0) is 29.2 Å². The van der Waals surface area contributed by atoms with Crippen molar-refractivity contribution < 1.29 is 14.6 Å². The highest BCUT2D eigenvalue weighted by Crippen LogP contribution is 2.20. The second kappa shape index (κ2) is 2.64. The van der Waals surface area contributed by atoms with Gasteiger partial charge in [0.15, 0.2) is 0 Å². The first-order valence-electron chi connectivity index (χ1n) is 3.75. The summed E-state index contributed by atoms with van der Waals surface area (Å²) in [6, 6.07) is 1.86. The molecule has 0 amide bonds. The largest absolute Gasteiger partial charge is 0.481 e. The molecular formula is C8H9NO3. The molecule has 64 valence electrons. The molecule has 2 N–H and O–H groups in total. The Morgan fingerprint density at radius 3 is 3.17 bits per heavy atom. The van der Waals surface area contributed by atoms with Gasteiger partial charge in [-0.2, -0.15) is 0 Å². The van der Waals surface area contributed by atoms with E-state index < -0.39 is 5.97 Å². The van der Waals surface area contributed by atoms with Crippen molar-refractivity contribution in [3.63, 3.8) is 0 Å². The highest BCUT2D eigenvalue weighted by atomic mass is 16.5. The Balaban J connectivity index is 2.20. The summed E-state index contributed by atoms with van der Waals surface area (Å²) in [5.74, 6) is -0.809. The van der Waals surface area contributed by atoms with Crippen LogP contribution in [0.3, 0.4) is 0 Å². The molecule has 2 rings (SSSR count). The standard InChI is InChI=1S/C8H9NO3/c10-8(11)2-6-1-5-3-12-4-7(5)9-6/h1,9H,2-4H2,(H,10,11). The Morgan fingerprint density at radius 2 is 2.50 bits per heavy atom. The van der Waals surface area contributed by atoms with Gasteiger partial charge < -0.3 is 14.8 Å². The van der Waals surface area contributed by atoms with Gasteiger partial charge in [-0.15, -0.1) is 0 Å². The molecule has 0 unspecified atom stereocenters. The summed E-state index contributed by atoms with van der Waals surface area (Å²) in [6.45, 7) is 1.18. The molecule has 0 radical (unpaired) electrons. The van der Waals surface area contributed by atoms with Crippen LogP contribution in [-0.4, -0.2) is 16.1 Å². The quantitative estimate of drug-likeness (QED) is 0.680. The van der Waals surface area contributed by atoms with Gasteiger partial charge in [0, 0.05) is 17.0 Å². The molecule has 1 aliphatic rings. The number of aromatic amines is 1. The second-order valence-electron chi connectivity index (χ2n) is 2.86. The number of aromatic nitrogens is 1. The number of nitrogens with one attached hydrogen (secondary N) is 1. The van der Waals surface area contributed by atoms with Gasteiger partial charge in [0.1, 0.15) is 0 Å². The van der Waals surface area contributed by atoms with E-state index in [1.807, 2.05) is 6.07 Å². The number of rotatable bonds is 2. The summed E-state index contributed by atoms with van der Waals surface area (Å²) >= 11 is 0. The minimum atomic E-state index is -0.809. The normalized spacial score (nSPS) is 14.7. The molecule has 1 aromatic rings. The number of fused-ring (bicyclic) bond motifs is 1. The Hall–Kier alpha value is -1.29. The molecule has 4 nitrogen and oxygen atoms in total. The first-order chi connectivity index (χ1) is 5.75. The maximum atomic E-state index is 10.3. The average molecular weight is 167 g/mol. The fourth-order valence-electron chi connectivity index (χ4n) is 1.39.